The van der Waals surface area contributed by atoms with Crippen LogP contribution in [0.2, 0.25) is 0 Å². The topological polar surface area (TPSA) is 37.4 Å². The van der Waals surface area contributed by atoms with Crippen LogP contribution in [0.25, 0.3) is 0 Å². The van der Waals surface area contributed by atoms with Crippen LogP contribution >= 0.6 is 0 Å². The average Bonchev–Trinajstić information content (AvgIpc) is 3.46. The zero-order valence-corrected chi connectivity index (χ0v) is 16.3. The van der Waals surface area contributed by atoms with Gasteiger partial charge in [-0.2, -0.15) is 4.31 Å². The number of rotatable bonds is 6. The molecule has 0 unspecified atom stereocenters. The number of benzene rings is 1. The van der Waals surface area contributed by atoms with Gasteiger partial charge in [0.15, 0.2) is 0 Å². The standard InChI is InChI=1S/C22H27NO2S/c1-3-15-23(26(24,25)22-13-9-18(2)10-14-22)17-21(16-19-11-12-19)20-7-5-4-6-8-20/h1,9-10,13-14,20H,4-8,11-12,15,17H2,2H3. The van der Waals surface area contributed by atoms with Crippen molar-refractivity contribution in [2.75, 3.05) is 13.1 Å². The van der Waals surface area contributed by atoms with Crippen molar-refractivity contribution >= 4 is 10.0 Å². The molecule has 4 heteroatoms. The van der Waals surface area contributed by atoms with Crippen LogP contribution < -0.4 is 0 Å². The molecule has 2 saturated carbocycles. The van der Waals surface area contributed by atoms with Crippen LogP contribution in [-0.2, 0) is 10.0 Å². The van der Waals surface area contributed by atoms with Crippen molar-refractivity contribution in [3.8, 4) is 12.3 Å². The van der Waals surface area contributed by atoms with Crippen molar-refractivity contribution in [1.29, 1.82) is 0 Å². The van der Waals surface area contributed by atoms with E-state index in [1.807, 2.05) is 19.1 Å². The Labute approximate surface area is 157 Å². The summed E-state index contributed by atoms with van der Waals surface area (Å²) < 4.78 is 27.7. The van der Waals surface area contributed by atoms with Gasteiger partial charge < -0.3 is 0 Å². The van der Waals surface area contributed by atoms with Gasteiger partial charge in [0.2, 0.25) is 10.0 Å². The zero-order chi connectivity index (χ0) is 18.6. The largest absolute Gasteiger partial charge is 0.244 e. The zero-order valence-electron chi connectivity index (χ0n) is 15.5. The maximum absolute atomic E-state index is 13.1. The molecule has 26 heavy (non-hydrogen) atoms. The number of sulfonamides is 1. The van der Waals surface area contributed by atoms with Crippen molar-refractivity contribution in [2.45, 2.75) is 56.8 Å². The summed E-state index contributed by atoms with van der Waals surface area (Å²) in [5.74, 6) is 2.97. The summed E-state index contributed by atoms with van der Waals surface area (Å²) >= 11 is 0. The second kappa shape index (κ2) is 8.27. The Morgan fingerprint density at radius 3 is 2.38 bits per heavy atom. The molecule has 3 rings (SSSR count). The first-order valence-electron chi connectivity index (χ1n) is 9.48. The van der Waals surface area contributed by atoms with E-state index in [4.69, 9.17) is 6.42 Å². The van der Waals surface area contributed by atoms with Crippen molar-refractivity contribution in [3.63, 3.8) is 0 Å². The van der Waals surface area contributed by atoms with Gasteiger partial charge in [-0.1, -0.05) is 42.9 Å². The smallest absolute Gasteiger partial charge is 0.207 e. The molecule has 0 aliphatic heterocycles. The summed E-state index contributed by atoms with van der Waals surface area (Å²) in [6.07, 6.45) is 13.7. The first-order chi connectivity index (χ1) is 12.5. The van der Waals surface area contributed by atoms with Gasteiger partial charge in [-0.05, 0) is 61.8 Å². The number of nitrogens with zero attached hydrogens (tertiary/aromatic N) is 1. The van der Waals surface area contributed by atoms with Gasteiger partial charge in [-0.15, -0.1) is 12.2 Å². The first kappa shape index (κ1) is 19.0. The highest BCUT2D eigenvalue weighted by molar-refractivity contribution is 7.89. The van der Waals surface area contributed by atoms with Gasteiger partial charge in [-0.25, -0.2) is 8.42 Å². The third-order valence-corrected chi connectivity index (χ3v) is 7.01. The van der Waals surface area contributed by atoms with Gasteiger partial charge in [0, 0.05) is 6.54 Å². The molecule has 138 valence electrons. The van der Waals surface area contributed by atoms with Crippen molar-refractivity contribution < 1.29 is 8.42 Å². The van der Waals surface area contributed by atoms with E-state index in [-0.39, 0.29) is 6.54 Å². The van der Waals surface area contributed by atoms with E-state index in [0.29, 0.717) is 17.4 Å². The Balaban J connectivity index is 1.90. The highest BCUT2D eigenvalue weighted by Crippen LogP contribution is 2.33. The van der Waals surface area contributed by atoms with E-state index < -0.39 is 10.0 Å². The molecule has 0 aromatic heterocycles. The Morgan fingerprint density at radius 2 is 1.81 bits per heavy atom. The summed E-state index contributed by atoms with van der Waals surface area (Å²) in [6.45, 7) is 2.39. The SMILES string of the molecule is C#CCN(CC(=C=C1CC1)C1CCCCC1)S(=O)(=O)c1ccc(C)cc1. The van der Waals surface area contributed by atoms with Gasteiger partial charge in [0.25, 0.3) is 0 Å². The predicted molar refractivity (Wildman–Crippen MR) is 105 cm³/mol. The Kier molecular flexibility index (Phi) is 6.04. The van der Waals surface area contributed by atoms with Crippen LogP contribution in [0.15, 0.2) is 46.0 Å². The number of terminal acetylenes is 1. The van der Waals surface area contributed by atoms with E-state index >= 15 is 0 Å². The third kappa shape index (κ3) is 4.68. The minimum Gasteiger partial charge on any atom is -0.207 e. The highest BCUT2D eigenvalue weighted by Gasteiger charge is 2.28. The molecule has 0 radical (unpaired) electrons. The molecule has 2 aliphatic rings. The summed E-state index contributed by atoms with van der Waals surface area (Å²) in [7, 11) is -3.61. The lowest BCUT2D eigenvalue weighted by Gasteiger charge is -2.27. The summed E-state index contributed by atoms with van der Waals surface area (Å²) in [4.78, 5) is 0.306. The molecule has 0 amide bonds. The Bertz CT molecular complexity index is 840. The van der Waals surface area contributed by atoms with E-state index in [1.54, 1.807) is 12.1 Å². The molecule has 0 bridgehead atoms. The van der Waals surface area contributed by atoms with Crippen LogP contribution in [0, 0.1) is 25.2 Å². The van der Waals surface area contributed by atoms with Crippen LogP contribution in [0.1, 0.15) is 50.5 Å². The van der Waals surface area contributed by atoms with Gasteiger partial charge in [0.05, 0.1) is 11.4 Å². The number of hydrogen-bond acceptors (Lipinski definition) is 2. The molecule has 0 heterocycles. The Morgan fingerprint density at radius 1 is 1.15 bits per heavy atom. The minimum atomic E-state index is -3.61. The fourth-order valence-corrected chi connectivity index (χ4v) is 4.84. The molecule has 0 N–H and O–H groups in total. The summed E-state index contributed by atoms with van der Waals surface area (Å²) in [6, 6.07) is 6.98. The number of aryl methyl sites for hydroxylation is 1. The monoisotopic (exact) mass is 369 g/mol. The van der Waals surface area contributed by atoms with Gasteiger partial charge in [-0.3, -0.25) is 0 Å². The fraction of sp³-hybridized carbons (Fsp3) is 0.500. The molecule has 1 aromatic rings. The highest BCUT2D eigenvalue weighted by atomic mass is 32.2. The quantitative estimate of drug-likeness (QED) is 0.549. The molecule has 3 nitrogen and oxygen atoms in total. The minimum absolute atomic E-state index is 0.0867. The van der Waals surface area contributed by atoms with E-state index in [9.17, 15) is 8.42 Å². The summed E-state index contributed by atoms with van der Waals surface area (Å²) in [5.41, 5.74) is 7.02. The lowest BCUT2D eigenvalue weighted by atomic mass is 9.84. The molecule has 0 spiro atoms. The fourth-order valence-electron chi connectivity index (χ4n) is 3.51. The van der Waals surface area contributed by atoms with Gasteiger partial charge >= 0.3 is 0 Å². The first-order valence-corrected chi connectivity index (χ1v) is 10.9. The van der Waals surface area contributed by atoms with Crippen molar-refractivity contribution in [3.05, 3.63) is 46.7 Å². The molecule has 2 aliphatic carbocycles. The maximum Gasteiger partial charge on any atom is 0.244 e. The van der Waals surface area contributed by atoms with Crippen molar-refractivity contribution in [2.24, 2.45) is 5.92 Å². The Hall–Kier alpha value is -1.79. The van der Waals surface area contributed by atoms with E-state index in [1.165, 1.54) is 29.1 Å². The second-order valence-corrected chi connectivity index (χ2v) is 9.32. The molecule has 1 aromatic carbocycles. The molecular weight excluding hydrogens is 342 g/mol. The van der Waals surface area contributed by atoms with Crippen LogP contribution in [0.3, 0.4) is 0 Å². The maximum atomic E-state index is 13.1. The van der Waals surface area contributed by atoms with Crippen LogP contribution in [0.4, 0.5) is 0 Å². The molecular formula is C22H27NO2S. The lowest BCUT2D eigenvalue weighted by molar-refractivity contribution is 0.376. The van der Waals surface area contributed by atoms with Crippen LogP contribution in [0.5, 0.6) is 0 Å². The molecule has 2 fully saturated rings. The predicted octanol–water partition coefficient (Wildman–Crippen LogP) is 4.44. The van der Waals surface area contributed by atoms with E-state index in [2.05, 4.69) is 11.7 Å². The lowest BCUT2D eigenvalue weighted by Crippen LogP contribution is -2.34. The second-order valence-electron chi connectivity index (χ2n) is 7.38. The number of hydrogen-bond donors (Lipinski definition) is 0. The normalized spacial score (nSPS) is 17.7. The van der Waals surface area contributed by atoms with Gasteiger partial charge in [0.1, 0.15) is 0 Å². The third-order valence-electron chi connectivity index (χ3n) is 5.21. The van der Waals surface area contributed by atoms with Crippen molar-refractivity contribution in [1.82, 2.24) is 4.31 Å². The average molecular weight is 370 g/mol. The molecule has 0 saturated heterocycles. The summed E-state index contributed by atoms with van der Waals surface area (Å²) in [5, 5.41) is 0. The molecule has 0 atom stereocenters. The van der Waals surface area contributed by atoms with Crippen LogP contribution in [-0.4, -0.2) is 25.8 Å². The van der Waals surface area contributed by atoms with E-state index in [0.717, 1.165) is 36.8 Å².